The van der Waals surface area contributed by atoms with E-state index in [1.165, 1.54) is 0 Å². The van der Waals surface area contributed by atoms with Crippen molar-refractivity contribution in [1.82, 2.24) is 20.0 Å². The van der Waals surface area contributed by atoms with E-state index in [9.17, 15) is 19.5 Å². The second kappa shape index (κ2) is 15.0. The first-order valence-corrected chi connectivity index (χ1v) is 14.8. The highest BCUT2D eigenvalue weighted by molar-refractivity contribution is 5.94. The number of likely N-dealkylation sites (tertiary alicyclic amines) is 2. The van der Waals surface area contributed by atoms with E-state index in [2.05, 4.69) is 24.1 Å². The summed E-state index contributed by atoms with van der Waals surface area (Å²) < 4.78 is 0. The predicted molar refractivity (Wildman–Crippen MR) is 152 cm³/mol. The van der Waals surface area contributed by atoms with Crippen LogP contribution in [0, 0.1) is 11.8 Å². The van der Waals surface area contributed by atoms with E-state index in [-0.39, 0.29) is 60.3 Å². The number of hydrogen-bond acceptors (Lipinski definition) is 5. The van der Waals surface area contributed by atoms with Crippen LogP contribution < -0.4 is 5.32 Å². The molecule has 0 bridgehead atoms. The minimum Gasteiger partial charge on any atom is -0.396 e. The van der Waals surface area contributed by atoms with E-state index in [1.807, 2.05) is 45.6 Å². The number of nitrogens with zero attached hydrogens (tertiary/aromatic N) is 3. The van der Waals surface area contributed by atoms with E-state index in [0.29, 0.717) is 18.5 Å². The van der Waals surface area contributed by atoms with Crippen molar-refractivity contribution in [3.05, 3.63) is 11.6 Å². The van der Waals surface area contributed by atoms with E-state index >= 15 is 0 Å². The fourth-order valence-electron chi connectivity index (χ4n) is 6.01. The molecule has 2 fully saturated rings. The Labute approximate surface area is 231 Å². The van der Waals surface area contributed by atoms with Gasteiger partial charge in [-0.15, -0.1) is 0 Å². The summed E-state index contributed by atoms with van der Waals surface area (Å²) in [5.74, 6) is -0.209. The zero-order valence-electron chi connectivity index (χ0n) is 25.2. The van der Waals surface area contributed by atoms with E-state index in [1.54, 1.807) is 11.9 Å². The first-order chi connectivity index (χ1) is 17.9. The van der Waals surface area contributed by atoms with Crippen LogP contribution in [0.1, 0.15) is 93.4 Å². The number of aliphatic hydroxyl groups excluding tert-OH is 1. The van der Waals surface area contributed by atoms with Crippen molar-refractivity contribution in [1.29, 1.82) is 0 Å². The number of rotatable bonds is 11. The van der Waals surface area contributed by atoms with Gasteiger partial charge in [0.2, 0.25) is 17.7 Å². The highest BCUT2D eigenvalue weighted by Gasteiger charge is 2.36. The van der Waals surface area contributed by atoms with Crippen LogP contribution in [0.25, 0.3) is 0 Å². The number of carbonyl (C=O) groups is 3. The first kappa shape index (κ1) is 32.3. The van der Waals surface area contributed by atoms with E-state index < -0.39 is 6.04 Å². The van der Waals surface area contributed by atoms with Crippen LogP contribution in [0.4, 0.5) is 0 Å². The number of nitrogens with one attached hydrogen (secondary N) is 1. The highest BCUT2D eigenvalue weighted by atomic mass is 16.3. The molecule has 8 heteroatoms. The minimum atomic E-state index is -0.634. The Morgan fingerprint density at radius 3 is 2.18 bits per heavy atom. The quantitative estimate of drug-likeness (QED) is 0.395. The van der Waals surface area contributed by atoms with Gasteiger partial charge >= 0.3 is 0 Å². The molecule has 0 aromatic carbocycles. The second-order valence-corrected chi connectivity index (χ2v) is 12.3. The first-order valence-electron chi connectivity index (χ1n) is 14.8. The molecule has 0 radical (unpaired) electrons. The lowest BCUT2D eigenvalue weighted by Crippen LogP contribution is -2.58. The molecule has 8 nitrogen and oxygen atoms in total. The van der Waals surface area contributed by atoms with Crippen molar-refractivity contribution in [3.8, 4) is 0 Å². The average Bonchev–Trinajstić information content (AvgIpc) is 2.88. The SMILES string of the molecule is C/C(=C\[C@H](C(C)C)N(C)C(=O)C(NC(=O)C1CCCCN1C(C)C)C(C)C)C(=O)N1CCCCC1CCO. The van der Waals surface area contributed by atoms with E-state index in [4.69, 9.17) is 0 Å². The zero-order valence-corrected chi connectivity index (χ0v) is 25.2. The van der Waals surface area contributed by atoms with Crippen molar-refractivity contribution >= 4 is 17.7 Å². The van der Waals surface area contributed by atoms with Gasteiger partial charge in [0, 0.05) is 37.9 Å². The third-order valence-corrected chi connectivity index (χ3v) is 8.33. The summed E-state index contributed by atoms with van der Waals surface area (Å²) in [7, 11) is 1.78. The van der Waals surface area contributed by atoms with Gasteiger partial charge in [-0.3, -0.25) is 19.3 Å². The molecule has 0 saturated carbocycles. The monoisotopic (exact) mass is 534 g/mol. The van der Waals surface area contributed by atoms with Gasteiger partial charge in [-0.2, -0.15) is 0 Å². The van der Waals surface area contributed by atoms with Gasteiger partial charge in [0.1, 0.15) is 6.04 Å². The molecular formula is C30H54N4O4. The van der Waals surface area contributed by atoms with Crippen molar-refractivity contribution in [2.45, 2.75) is 124 Å². The molecule has 2 saturated heterocycles. The molecule has 38 heavy (non-hydrogen) atoms. The Morgan fingerprint density at radius 1 is 0.974 bits per heavy atom. The Morgan fingerprint density at radius 2 is 1.61 bits per heavy atom. The van der Waals surface area contributed by atoms with Gasteiger partial charge < -0.3 is 20.2 Å². The lowest BCUT2D eigenvalue weighted by atomic mass is 9.95. The van der Waals surface area contributed by atoms with Crippen molar-refractivity contribution in [3.63, 3.8) is 0 Å². The number of piperidine rings is 2. The van der Waals surface area contributed by atoms with Crippen molar-refractivity contribution in [2.24, 2.45) is 11.8 Å². The van der Waals surface area contributed by atoms with Crippen LogP contribution in [0.3, 0.4) is 0 Å². The molecule has 2 N–H and O–H groups in total. The van der Waals surface area contributed by atoms with Crippen molar-refractivity contribution < 1.29 is 19.5 Å². The molecule has 2 rings (SSSR count). The van der Waals surface area contributed by atoms with Crippen LogP contribution in [0.5, 0.6) is 0 Å². The van der Waals surface area contributed by atoms with Gasteiger partial charge in [-0.1, -0.05) is 40.2 Å². The summed E-state index contributed by atoms with van der Waals surface area (Å²) in [6.45, 7) is 15.7. The molecule has 0 spiro atoms. The molecule has 0 aromatic heterocycles. The highest BCUT2D eigenvalue weighted by Crippen LogP contribution is 2.24. The third kappa shape index (κ3) is 8.28. The van der Waals surface area contributed by atoms with Crippen LogP contribution in [0.15, 0.2) is 11.6 Å². The molecular weight excluding hydrogens is 480 g/mol. The van der Waals surface area contributed by atoms with Gasteiger partial charge in [-0.25, -0.2) is 0 Å². The topological polar surface area (TPSA) is 93.2 Å². The summed E-state index contributed by atoms with van der Waals surface area (Å²) in [4.78, 5) is 46.4. The lowest BCUT2D eigenvalue weighted by molar-refractivity contribution is -0.140. The summed E-state index contributed by atoms with van der Waals surface area (Å²) in [5, 5.41) is 12.6. The predicted octanol–water partition coefficient (Wildman–Crippen LogP) is 3.58. The zero-order chi connectivity index (χ0) is 28.6. The molecule has 2 heterocycles. The number of likely N-dealkylation sites (N-methyl/N-ethyl adjacent to an activating group) is 1. The Balaban J connectivity index is 2.20. The number of aliphatic hydroxyl groups is 1. The minimum absolute atomic E-state index is 0.0190. The lowest BCUT2D eigenvalue weighted by Gasteiger charge is -2.39. The van der Waals surface area contributed by atoms with Crippen LogP contribution >= 0.6 is 0 Å². The van der Waals surface area contributed by atoms with E-state index in [0.717, 1.165) is 45.1 Å². The Hall–Kier alpha value is -1.93. The standard InChI is InChI=1S/C30H54N4O4/c1-20(2)26(19-23(7)29(37)34-17-11-9-13-24(34)15-18-35)32(8)30(38)27(21(3)4)31-28(36)25-14-10-12-16-33(25)22(5)6/h19-22,24-27,35H,9-18H2,1-8H3,(H,31,36)/b23-19+/t24?,25?,26-,27?/m1/s1. The molecule has 2 aliphatic rings. The Bertz CT molecular complexity index is 823. The summed E-state index contributed by atoms with van der Waals surface area (Å²) in [6.07, 6.45) is 8.38. The summed E-state index contributed by atoms with van der Waals surface area (Å²) in [5.41, 5.74) is 0.619. The fourth-order valence-corrected chi connectivity index (χ4v) is 6.01. The van der Waals surface area contributed by atoms with Crippen molar-refractivity contribution in [2.75, 3.05) is 26.7 Å². The van der Waals surface area contributed by atoms with Crippen LogP contribution in [0.2, 0.25) is 0 Å². The number of amides is 3. The molecule has 3 unspecified atom stereocenters. The van der Waals surface area contributed by atoms with Gasteiger partial charge in [0.25, 0.3) is 0 Å². The Kier molecular flexibility index (Phi) is 12.8. The maximum Gasteiger partial charge on any atom is 0.249 e. The average molecular weight is 535 g/mol. The van der Waals surface area contributed by atoms with Gasteiger partial charge in [-0.05, 0) is 77.7 Å². The molecule has 218 valence electrons. The second-order valence-electron chi connectivity index (χ2n) is 12.3. The maximum atomic E-state index is 13.8. The van der Waals surface area contributed by atoms with Crippen LogP contribution in [-0.4, -0.2) is 94.5 Å². The maximum absolute atomic E-state index is 13.8. The molecule has 2 aliphatic heterocycles. The summed E-state index contributed by atoms with van der Waals surface area (Å²) >= 11 is 0. The molecule has 0 aromatic rings. The molecule has 3 amide bonds. The number of carbonyl (C=O) groups excluding carboxylic acids is 3. The van der Waals surface area contributed by atoms with Gasteiger partial charge in [0.15, 0.2) is 0 Å². The number of hydrogen-bond donors (Lipinski definition) is 2. The van der Waals surface area contributed by atoms with Gasteiger partial charge in [0.05, 0.1) is 12.1 Å². The third-order valence-electron chi connectivity index (χ3n) is 8.33. The summed E-state index contributed by atoms with van der Waals surface area (Å²) in [6, 6.07) is -0.792. The van der Waals surface area contributed by atoms with Crippen LogP contribution in [-0.2, 0) is 14.4 Å². The molecule has 0 aliphatic carbocycles. The largest absolute Gasteiger partial charge is 0.396 e. The normalized spacial score (nSPS) is 23.1. The fraction of sp³-hybridized carbons (Fsp3) is 0.833. The molecule has 4 atom stereocenters. The smallest absolute Gasteiger partial charge is 0.249 e.